The van der Waals surface area contributed by atoms with E-state index in [0.29, 0.717) is 18.4 Å². The van der Waals surface area contributed by atoms with E-state index < -0.39 is 0 Å². The van der Waals surface area contributed by atoms with E-state index in [0.717, 1.165) is 25.3 Å². The highest BCUT2D eigenvalue weighted by Crippen LogP contribution is 2.03. The van der Waals surface area contributed by atoms with Crippen molar-refractivity contribution < 1.29 is 4.74 Å². The first-order valence-corrected chi connectivity index (χ1v) is 6.38. The fourth-order valence-corrected chi connectivity index (χ4v) is 1.39. The zero-order valence-electron chi connectivity index (χ0n) is 11.2. The van der Waals surface area contributed by atoms with Crippen molar-refractivity contribution in [3.8, 4) is 0 Å². The molecule has 1 rings (SSSR count). The molecule has 0 atom stereocenters. The lowest BCUT2D eigenvalue weighted by atomic mass is 10.2. The molecule has 18 heavy (non-hydrogen) atoms. The second kappa shape index (κ2) is 8.53. The Morgan fingerprint density at radius 2 is 2.06 bits per heavy atom. The Morgan fingerprint density at radius 1 is 1.33 bits per heavy atom. The van der Waals surface area contributed by atoms with Gasteiger partial charge in [0.2, 0.25) is 0 Å². The molecule has 0 aromatic heterocycles. The van der Waals surface area contributed by atoms with E-state index in [4.69, 9.17) is 10.5 Å². The summed E-state index contributed by atoms with van der Waals surface area (Å²) in [6.07, 6.45) is 0.893. The summed E-state index contributed by atoms with van der Waals surface area (Å²) in [5, 5.41) is 3.04. The molecule has 100 valence electrons. The van der Waals surface area contributed by atoms with Crippen molar-refractivity contribution in [3.63, 3.8) is 0 Å². The number of para-hydroxylation sites is 1. The van der Waals surface area contributed by atoms with E-state index >= 15 is 0 Å². The number of hydrogen-bond acceptors (Lipinski definition) is 2. The fraction of sp³-hybridized carbons (Fsp3) is 0.500. The molecule has 3 N–H and O–H groups in total. The van der Waals surface area contributed by atoms with E-state index in [-0.39, 0.29) is 0 Å². The van der Waals surface area contributed by atoms with Crippen LogP contribution >= 0.6 is 0 Å². The molecule has 0 radical (unpaired) electrons. The van der Waals surface area contributed by atoms with Gasteiger partial charge in [-0.3, -0.25) is 4.99 Å². The normalized spacial score (nSPS) is 11.8. The van der Waals surface area contributed by atoms with Gasteiger partial charge >= 0.3 is 0 Å². The zero-order valence-corrected chi connectivity index (χ0v) is 11.2. The predicted molar refractivity (Wildman–Crippen MR) is 76.8 cm³/mol. The maximum Gasteiger partial charge on any atom is 0.193 e. The third-order valence-electron chi connectivity index (χ3n) is 2.23. The van der Waals surface area contributed by atoms with E-state index in [9.17, 15) is 0 Å². The van der Waals surface area contributed by atoms with Crippen molar-refractivity contribution in [1.29, 1.82) is 0 Å². The van der Waals surface area contributed by atoms with Gasteiger partial charge in [-0.2, -0.15) is 0 Å². The Balaban J connectivity index is 2.14. The Morgan fingerprint density at radius 3 is 2.72 bits per heavy atom. The molecule has 0 heterocycles. The maximum absolute atomic E-state index is 5.77. The van der Waals surface area contributed by atoms with E-state index in [1.807, 2.05) is 30.3 Å². The zero-order chi connectivity index (χ0) is 13.2. The lowest BCUT2D eigenvalue weighted by Crippen LogP contribution is -2.22. The highest BCUT2D eigenvalue weighted by Gasteiger charge is 1.95. The molecular formula is C14H23N3O. The van der Waals surface area contributed by atoms with Gasteiger partial charge < -0.3 is 15.8 Å². The number of aliphatic imine (C=N–C) groups is 1. The summed E-state index contributed by atoms with van der Waals surface area (Å²) in [5.74, 6) is 1.03. The minimum Gasteiger partial charge on any atom is -0.381 e. The van der Waals surface area contributed by atoms with Gasteiger partial charge in [-0.25, -0.2) is 0 Å². The van der Waals surface area contributed by atoms with Crippen LogP contribution in [0.4, 0.5) is 5.69 Å². The molecule has 0 unspecified atom stereocenters. The van der Waals surface area contributed by atoms with Crippen LogP contribution in [-0.4, -0.2) is 25.7 Å². The smallest absolute Gasteiger partial charge is 0.193 e. The summed E-state index contributed by atoms with van der Waals surface area (Å²) < 4.78 is 5.46. The minimum absolute atomic E-state index is 0.449. The second-order valence-corrected chi connectivity index (χ2v) is 4.58. The van der Waals surface area contributed by atoms with Crippen LogP contribution in [-0.2, 0) is 4.74 Å². The molecule has 0 aliphatic rings. The number of nitrogens with zero attached hydrogens (tertiary/aromatic N) is 1. The second-order valence-electron chi connectivity index (χ2n) is 4.58. The molecule has 0 aliphatic carbocycles. The largest absolute Gasteiger partial charge is 0.381 e. The van der Waals surface area contributed by atoms with Crippen LogP contribution in [0.1, 0.15) is 20.3 Å². The number of benzene rings is 1. The Kier molecular flexibility index (Phi) is 6.87. The third-order valence-corrected chi connectivity index (χ3v) is 2.23. The van der Waals surface area contributed by atoms with Crippen molar-refractivity contribution >= 4 is 11.6 Å². The van der Waals surface area contributed by atoms with Crippen LogP contribution in [0.3, 0.4) is 0 Å². The first kappa shape index (κ1) is 14.5. The van der Waals surface area contributed by atoms with E-state index in [2.05, 4.69) is 24.2 Å². The van der Waals surface area contributed by atoms with E-state index in [1.54, 1.807) is 0 Å². The summed E-state index contributed by atoms with van der Waals surface area (Å²) in [4.78, 5) is 4.24. The molecule has 0 bridgehead atoms. The van der Waals surface area contributed by atoms with Crippen LogP contribution < -0.4 is 11.1 Å². The quantitative estimate of drug-likeness (QED) is 0.443. The van der Waals surface area contributed by atoms with Crippen LogP contribution in [0.25, 0.3) is 0 Å². The molecular weight excluding hydrogens is 226 g/mol. The molecule has 1 aromatic rings. The van der Waals surface area contributed by atoms with Crippen molar-refractivity contribution in [2.45, 2.75) is 20.3 Å². The number of ether oxygens (including phenoxy) is 1. The molecule has 0 saturated carbocycles. The van der Waals surface area contributed by atoms with Gasteiger partial charge in [-0.1, -0.05) is 32.0 Å². The first-order valence-electron chi connectivity index (χ1n) is 6.38. The molecule has 4 heteroatoms. The molecule has 0 aliphatic heterocycles. The highest BCUT2D eigenvalue weighted by molar-refractivity contribution is 5.92. The summed E-state index contributed by atoms with van der Waals surface area (Å²) in [5.41, 5.74) is 6.72. The summed E-state index contributed by atoms with van der Waals surface area (Å²) >= 11 is 0. The molecule has 0 amide bonds. The SMILES string of the molecule is CC(C)COCCCN=C(N)Nc1ccccc1. The molecule has 0 fully saturated rings. The predicted octanol–water partition coefficient (Wildman–Crippen LogP) is 2.48. The van der Waals surface area contributed by atoms with Crippen molar-refractivity contribution in [2.24, 2.45) is 16.6 Å². The lowest BCUT2D eigenvalue weighted by Gasteiger charge is -2.06. The van der Waals surface area contributed by atoms with Gasteiger partial charge in [0, 0.05) is 25.4 Å². The van der Waals surface area contributed by atoms with Crippen molar-refractivity contribution in [2.75, 3.05) is 25.1 Å². The molecule has 0 spiro atoms. The van der Waals surface area contributed by atoms with Crippen LogP contribution in [0.5, 0.6) is 0 Å². The first-order chi connectivity index (χ1) is 8.68. The Labute approximate surface area is 109 Å². The Hall–Kier alpha value is -1.55. The van der Waals surface area contributed by atoms with Crippen molar-refractivity contribution in [1.82, 2.24) is 0 Å². The molecule has 0 saturated heterocycles. The van der Waals surface area contributed by atoms with Gasteiger partial charge in [0.15, 0.2) is 5.96 Å². The number of nitrogens with two attached hydrogens (primary N) is 1. The summed E-state index contributed by atoms with van der Waals surface area (Å²) in [6.45, 7) is 6.51. The van der Waals surface area contributed by atoms with Gasteiger partial charge in [0.25, 0.3) is 0 Å². The average molecular weight is 249 g/mol. The number of anilines is 1. The summed E-state index contributed by atoms with van der Waals surface area (Å²) in [7, 11) is 0. The average Bonchev–Trinajstić information content (AvgIpc) is 2.34. The standard InChI is InChI=1S/C14H23N3O/c1-12(2)11-18-10-6-9-16-14(15)17-13-7-4-3-5-8-13/h3-5,7-8,12H,6,9-11H2,1-2H3,(H3,15,16,17). The van der Waals surface area contributed by atoms with Crippen LogP contribution in [0.2, 0.25) is 0 Å². The third kappa shape index (κ3) is 6.91. The van der Waals surface area contributed by atoms with Crippen molar-refractivity contribution in [3.05, 3.63) is 30.3 Å². The maximum atomic E-state index is 5.77. The van der Waals surface area contributed by atoms with Gasteiger partial charge in [-0.05, 0) is 24.5 Å². The molecule has 4 nitrogen and oxygen atoms in total. The number of rotatable bonds is 7. The van der Waals surface area contributed by atoms with Crippen LogP contribution in [0.15, 0.2) is 35.3 Å². The van der Waals surface area contributed by atoms with Gasteiger partial charge in [-0.15, -0.1) is 0 Å². The van der Waals surface area contributed by atoms with E-state index in [1.165, 1.54) is 0 Å². The number of hydrogen-bond donors (Lipinski definition) is 2. The fourth-order valence-electron chi connectivity index (χ4n) is 1.39. The lowest BCUT2D eigenvalue weighted by molar-refractivity contribution is 0.109. The number of guanidine groups is 1. The topological polar surface area (TPSA) is 59.6 Å². The number of nitrogens with one attached hydrogen (secondary N) is 1. The Bertz CT molecular complexity index is 349. The molecule has 1 aromatic carbocycles. The van der Waals surface area contributed by atoms with Gasteiger partial charge in [0.05, 0.1) is 0 Å². The van der Waals surface area contributed by atoms with Gasteiger partial charge in [0.1, 0.15) is 0 Å². The monoisotopic (exact) mass is 249 g/mol. The minimum atomic E-state index is 0.449. The highest BCUT2D eigenvalue weighted by atomic mass is 16.5. The van der Waals surface area contributed by atoms with Crippen LogP contribution in [0, 0.1) is 5.92 Å². The summed E-state index contributed by atoms with van der Waals surface area (Å²) in [6, 6.07) is 9.78.